The second kappa shape index (κ2) is 3.94. The molecule has 1 aromatic rings. The Hall–Kier alpha value is -1.73. The van der Waals surface area contributed by atoms with E-state index < -0.39 is 35.0 Å². The van der Waals surface area contributed by atoms with Crippen LogP contribution in [0.25, 0.3) is 0 Å². The predicted molar refractivity (Wildman–Crippen MR) is 40.8 cm³/mol. The highest BCUT2D eigenvalue weighted by Gasteiger charge is 2.36. The quantitative estimate of drug-likeness (QED) is 0.722. The van der Waals surface area contributed by atoms with Gasteiger partial charge < -0.3 is 9.90 Å². The molecule has 0 aliphatic rings. The summed E-state index contributed by atoms with van der Waals surface area (Å²) in [4.78, 5) is 10.3. The number of hydrogen-bond acceptors (Lipinski definition) is 2. The van der Waals surface area contributed by atoms with E-state index in [2.05, 4.69) is 0 Å². The van der Waals surface area contributed by atoms with Gasteiger partial charge in [0, 0.05) is 0 Å². The number of halogens is 6. The molecule has 94 valence electrons. The van der Waals surface area contributed by atoms with Gasteiger partial charge in [-0.25, -0.2) is 0 Å². The van der Waals surface area contributed by atoms with Crippen molar-refractivity contribution in [3.05, 3.63) is 34.9 Å². The minimum absolute atomic E-state index is 0.0879. The topological polar surface area (TPSA) is 40.1 Å². The Bertz CT molecular complexity index is 414. The lowest BCUT2D eigenvalue weighted by Crippen LogP contribution is -2.24. The van der Waals surface area contributed by atoms with Gasteiger partial charge in [-0.3, -0.25) is 0 Å². The van der Waals surface area contributed by atoms with E-state index in [0.29, 0.717) is 0 Å². The molecule has 2 nitrogen and oxygen atoms in total. The molecule has 0 spiro atoms. The minimum atomic E-state index is -5.06. The molecular weight excluding hydrogens is 254 g/mol. The van der Waals surface area contributed by atoms with Crippen LogP contribution in [0, 0.1) is 0 Å². The van der Waals surface area contributed by atoms with E-state index in [1.165, 1.54) is 0 Å². The van der Waals surface area contributed by atoms with E-state index in [-0.39, 0.29) is 18.2 Å². The Morgan fingerprint density at radius 2 is 1.24 bits per heavy atom. The predicted octanol–water partition coefficient (Wildman–Crippen LogP) is 2.09. The summed E-state index contributed by atoms with van der Waals surface area (Å²) in [5.41, 5.74) is -4.55. The van der Waals surface area contributed by atoms with Crippen LogP contribution in [0.1, 0.15) is 21.5 Å². The summed E-state index contributed by atoms with van der Waals surface area (Å²) < 4.78 is 73.3. The Labute approximate surface area is 90.5 Å². The van der Waals surface area contributed by atoms with Crippen LogP contribution in [-0.4, -0.2) is 5.97 Å². The highest BCUT2D eigenvalue weighted by atomic mass is 19.4. The summed E-state index contributed by atoms with van der Waals surface area (Å²) >= 11 is 0. The molecular formula is C9H3F6O2-. The number of hydrogen-bond donors (Lipinski definition) is 0. The summed E-state index contributed by atoms with van der Waals surface area (Å²) in [6.07, 6.45) is -10.1. The van der Waals surface area contributed by atoms with Crippen LogP contribution in [0.4, 0.5) is 26.3 Å². The zero-order valence-electron chi connectivity index (χ0n) is 7.82. The maximum absolute atomic E-state index is 12.2. The molecule has 0 unspecified atom stereocenters. The van der Waals surface area contributed by atoms with Crippen molar-refractivity contribution in [2.75, 3.05) is 0 Å². The lowest BCUT2D eigenvalue weighted by Gasteiger charge is -2.14. The zero-order chi connectivity index (χ0) is 13.4. The second-order valence-electron chi connectivity index (χ2n) is 3.08. The van der Waals surface area contributed by atoms with Crippen LogP contribution in [0.5, 0.6) is 0 Å². The van der Waals surface area contributed by atoms with Crippen molar-refractivity contribution in [1.29, 1.82) is 0 Å². The average Bonchev–Trinajstić information content (AvgIpc) is 2.14. The fraction of sp³-hybridized carbons (Fsp3) is 0.222. The third kappa shape index (κ3) is 3.11. The number of aromatic carboxylic acids is 1. The molecule has 0 saturated heterocycles. The highest BCUT2D eigenvalue weighted by molar-refractivity contribution is 5.86. The van der Waals surface area contributed by atoms with Gasteiger partial charge in [0.05, 0.1) is 17.1 Å². The molecule has 8 heteroatoms. The summed E-state index contributed by atoms with van der Waals surface area (Å²) in [6, 6.07) is 0.0155. The number of alkyl halides is 6. The fourth-order valence-electron chi connectivity index (χ4n) is 1.07. The normalized spacial score (nSPS) is 12.6. The summed E-state index contributed by atoms with van der Waals surface area (Å²) in [6.45, 7) is 0. The van der Waals surface area contributed by atoms with Crippen LogP contribution in [-0.2, 0) is 12.4 Å². The highest BCUT2D eigenvalue weighted by Crippen LogP contribution is 2.36. The third-order valence-electron chi connectivity index (χ3n) is 1.82. The van der Waals surface area contributed by atoms with Gasteiger partial charge in [0.1, 0.15) is 0 Å². The number of rotatable bonds is 1. The molecule has 0 N–H and O–H groups in total. The molecule has 0 fully saturated rings. The maximum Gasteiger partial charge on any atom is 0.416 e. The standard InChI is InChI=1S/C9H4F6O2/c10-8(11,12)5-1-4(7(16)17)2-6(3-5)9(13,14)15/h1-3H,(H,16,17)/p-1. The first-order chi connectivity index (χ1) is 7.51. The van der Waals surface area contributed by atoms with Gasteiger partial charge in [0.2, 0.25) is 0 Å². The zero-order valence-corrected chi connectivity index (χ0v) is 7.82. The van der Waals surface area contributed by atoms with Gasteiger partial charge in [-0.2, -0.15) is 26.3 Å². The molecule has 0 radical (unpaired) electrons. The Balaban J connectivity index is 3.45. The number of carbonyl (C=O) groups excluding carboxylic acids is 1. The SMILES string of the molecule is O=C([O-])c1cc(C(F)(F)F)cc(C(F)(F)F)c1. The molecule has 1 rings (SSSR count). The van der Waals surface area contributed by atoms with Crippen molar-refractivity contribution < 1.29 is 36.2 Å². The van der Waals surface area contributed by atoms with E-state index >= 15 is 0 Å². The number of carboxylic acids is 1. The second-order valence-corrected chi connectivity index (χ2v) is 3.08. The van der Waals surface area contributed by atoms with Crippen LogP contribution >= 0.6 is 0 Å². The van der Waals surface area contributed by atoms with Crippen LogP contribution in [0.15, 0.2) is 18.2 Å². The molecule has 0 bridgehead atoms. The Kier molecular flexibility index (Phi) is 3.09. The maximum atomic E-state index is 12.2. The minimum Gasteiger partial charge on any atom is -0.545 e. The lowest BCUT2D eigenvalue weighted by atomic mass is 10.0. The third-order valence-corrected chi connectivity index (χ3v) is 1.82. The van der Waals surface area contributed by atoms with E-state index in [0.717, 1.165) is 0 Å². The van der Waals surface area contributed by atoms with E-state index in [9.17, 15) is 36.2 Å². The smallest absolute Gasteiger partial charge is 0.416 e. The molecule has 0 aliphatic carbocycles. The van der Waals surface area contributed by atoms with Crippen molar-refractivity contribution in [3.63, 3.8) is 0 Å². The van der Waals surface area contributed by atoms with E-state index in [4.69, 9.17) is 0 Å². The number of carboxylic acid groups (broad SMARTS) is 1. The molecule has 1 aromatic carbocycles. The lowest BCUT2D eigenvalue weighted by molar-refractivity contribution is -0.255. The Morgan fingerprint density at radius 3 is 1.47 bits per heavy atom. The van der Waals surface area contributed by atoms with Crippen molar-refractivity contribution in [2.24, 2.45) is 0 Å². The Morgan fingerprint density at radius 1 is 0.882 bits per heavy atom. The molecule has 0 saturated carbocycles. The summed E-state index contributed by atoms with van der Waals surface area (Å²) in [5.74, 6) is -2.11. The fourth-order valence-corrected chi connectivity index (χ4v) is 1.07. The average molecular weight is 257 g/mol. The monoisotopic (exact) mass is 257 g/mol. The molecule has 0 aliphatic heterocycles. The largest absolute Gasteiger partial charge is 0.545 e. The first-order valence-electron chi connectivity index (χ1n) is 4.02. The number of carbonyl (C=O) groups is 1. The van der Waals surface area contributed by atoms with Gasteiger partial charge >= 0.3 is 12.4 Å². The summed E-state index contributed by atoms with van der Waals surface area (Å²) in [7, 11) is 0. The molecule has 0 heterocycles. The van der Waals surface area contributed by atoms with Crippen LogP contribution in [0.3, 0.4) is 0 Å². The van der Waals surface area contributed by atoms with Crippen LogP contribution in [0.2, 0.25) is 0 Å². The molecule has 17 heavy (non-hydrogen) atoms. The van der Waals surface area contributed by atoms with Crippen molar-refractivity contribution in [1.82, 2.24) is 0 Å². The van der Waals surface area contributed by atoms with Crippen molar-refractivity contribution >= 4 is 5.97 Å². The van der Waals surface area contributed by atoms with Gasteiger partial charge in [-0.15, -0.1) is 0 Å². The number of benzene rings is 1. The first kappa shape index (κ1) is 13.3. The van der Waals surface area contributed by atoms with E-state index in [1.807, 2.05) is 0 Å². The molecule has 0 atom stereocenters. The van der Waals surface area contributed by atoms with Gasteiger partial charge in [0.15, 0.2) is 0 Å². The van der Waals surface area contributed by atoms with Gasteiger partial charge in [-0.1, -0.05) is 0 Å². The summed E-state index contributed by atoms with van der Waals surface area (Å²) in [5, 5.41) is 10.3. The molecule has 0 amide bonds. The first-order valence-corrected chi connectivity index (χ1v) is 4.02. The van der Waals surface area contributed by atoms with Crippen LogP contribution < -0.4 is 5.11 Å². The van der Waals surface area contributed by atoms with Gasteiger partial charge in [0.25, 0.3) is 0 Å². The van der Waals surface area contributed by atoms with Crippen molar-refractivity contribution in [2.45, 2.75) is 12.4 Å². The van der Waals surface area contributed by atoms with E-state index in [1.54, 1.807) is 0 Å². The van der Waals surface area contributed by atoms with Crippen molar-refractivity contribution in [3.8, 4) is 0 Å². The van der Waals surface area contributed by atoms with Gasteiger partial charge in [-0.05, 0) is 23.8 Å². The molecule has 0 aromatic heterocycles.